The van der Waals surface area contributed by atoms with Crippen LogP contribution in [-0.2, 0) is 0 Å². The van der Waals surface area contributed by atoms with Crippen molar-refractivity contribution in [1.82, 2.24) is 9.47 Å². The first-order valence-corrected chi connectivity index (χ1v) is 11.2. The number of hydrogen-bond acceptors (Lipinski definition) is 4. The van der Waals surface area contributed by atoms with Gasteiger partial charge in [-0.1, -0.05) is 23.7 Å². The molecule has 1 aliphatic heterocycles. The third kappa shape index (κ3) is 3.87. The van der Waals surface area contributed by atoms with E-state index >= 15 is 4.39 Å². The zero-order chi connectivity index (χ0) is 22.4. The Balaban J connectivity index is 1.58. The summed E-state index contributed by atoms with van der Waals surface area (Å²) in [5.74, 6) is -0.992. The SMILES string of the molecule is CN1CCN(c2cc3c(cc2F)c(=O)c(C(=O)Nc2ccccc2Cl)cn3C2CC2)CC1. The fourth-order valence-electron chi connectivity index (χ4n) is 4.22. The number of rotatable bonds is 4. The number of likely N-dealkylation sites (N-methyl/N-ethyl adjacent to an activating group) is 1. The highest BCUT2D eigenvalue weighted by atomic mass is 35.5. The number of para-hydroxylation sites is 1. The van der Waals surface area contributed by atoms with Crippen LogP contribution in [0, 0.1) is 5.82 Å². The quantitative estimate of drug-likeness (QED) is 0.644. The Morgan fingerprint density at radius 2 is 1.84 bits per heavy atom. The average molecular weight is 455 g/mol. The molecule has 0 unspecified atom stereocenters. The summed E-state index contributed by atoms with van der Waals surface area (Å²) in [5.41, 5.74) is 1.10. The lowest BCUT2D eigenvalue weighted by atomic mass is 10.1. The molecule has 0 spiro atoms. The van der Waals surface area contributed by atoms with Crippen LogP contribution in [0.15, 0.2) is 47.4 Å². The minimum Gasteiger partial charge on any atom is -0.367 e. The summed E-state index contributed by atoms with van der Waals surface area (Å²) < 4.78 is 17.1. The number of pyridine rings is 1. The molecule has 1 saturated carbocycles. The number of nitrogens with one attached hydrogen (secondary N) is 1. The van der Waals surface area contributed by atoms with Crippen LogP contribution < -0.4 is 15.6 Å². The van der Waals surface area contributed by atoms with Crippen molar-refractivity contribution in [2.45, 2.75) is 18.9 Å². The topological polar surface area (TPSA) is 57.6 Å². The normalized spacial score (nSPS) is 17.0. The van der Waals surface area contributed by atoms with E-state index in [1.807, 2.05) is 16.5 Å². The second kappa shape index (κ2) is 8.22. The fourth-order valence-corrected chi connectivity index (χ4v) is 4.40. The van der Waals surface area contributed by atoms with Crippen LogP contribution in [0.1, 0.15) is 29.2 Å². The molecule has 1 N–H and O–H groups in total. The minimum absolute atomic E-state index is 0.0175. The number of anilines is 2. The van der Waals surface area contributed by atoms with E-state index in [4.69, 9.17) is 11.6 Å². The number of carbonyl (C=O) groups is 1. The van der Waals surface area contributed by atoms with Crippen LogP contribution in [-0.4, -0.2) is 48.6 Å². The van der Waals surface area contributed by atoms with Gasteiger partial charge in [0.05, 0.1) is 21.9 Å². The largest absolute Gasteiger partial charge is 0.367 e. The van der Waals surface area contributed by atoms with E-state index in [0.29, 0.717) is 21.9 Å². The van der Waals surface area contributed by atoms with E-state index in [-0.39, 0.29) is 17.0 Å². The predicted molar refractivity (Wildman–Crippen MR) is 126 cm³/mol. The molecule has 3 aromatic rings. The van der Waals surface area contributed by atoms with Gasteiger partial charge in [0.2, 0.25) is 5.43 Å². The van der Waals surface area contributed by atoms with Gasteiger partial charge in [-0.05, 0) is 44.2 Å². The second-order valence-corrected chi connectivity index (χ2v) is 8.96. The molecule has 5 rings (SSSR count). The van der Waals surface area contributed by atoms with Crippen molar-refractivity contribution >= 4 is 39.8 Å². The van der Waals surface area contributed by atoms with Gasteiger partial charge in [-0.15, -0.1) is 0 Å². The number of halogens is 2. The number of fused-ring (bicyclic) bond motifs is 1. The predicted octanol–water partition coefficient (Wildman–Crippen LogP) is 4.13. The maximum atomic E-state index is 15.1. The number of amides is 1. The molecular formula is C24H24ClFN4O2. The first kappa shape index (κ1) is 21.0. The fraction of sp³-hybridized carbons (Fsp3) is 0.333. The summed E-state index contributed by atoms with van der Waals surface area (Å²) in [6.07, 6.45) is 3.54. The Hall–Kier alpha value is -2.90. The molecule has 2 fully saturated rings. The van der Waals surface area contributed by atoms with Gasteiger partial charge in [0.1, 0.15) is 11.4 Å². The molecule has 0 atom stereocenters. The molecule has 0 bridgehead atoms. The minimum atomic E-state index is -0.553. The summed E-state index contributed by atoms with van der Waals surface area (Å²) in [6.45, 7) is 3.16. The molecule has 1 saturated heterocycles. The number of aromatic nitrogens is 1. The maximum Gasteiger partial charge on any atom is 0.261 e. The average Bonchev–Trinajstić information content (AvgIpc) is 3.61. The van der Waals surface area contributed by atoms with Gasteiger partial charge in [-0.25, -0.2) is 4.39 Å². The summed E-state index contributed by atoms with van der Waals surface area (Å²) in [6, 6.07) is 10.1. The highest BCUT2D eigenvalue weighted by molar-refractivity contribution is 6.33. The standard InChI is InChI=1S/C24H24ClFN4O2/c1-28-8-10-29(11-9-28)22-13-21-16(12-19(22)26)23(31)17(14-30(21)15-6-7-15)24(32)27-20-5-3-2-4-18(20)25/h2-5,12-15H,6-11H2,1H3,(H,27,32). The molecule has 2 heterocycles. The highest BCUT2D eigenvalue weighted by Gasteiger charge is 2.28. The summed E-state index contributed by atoms with van der Waals surface area (Å²) in [7, 11) is 2.05. The lowest BCUT2D eigenvalue weighted by molar-refractivity contribution is 0.102. The van der Waals surface area contributed by atoms with Crippen molar-refractivity contribution in [3.63, 3.8) is 0 Å². The van der Waals surface area contributed by atoms with Crippen LogP contribution in [0.4, 0.5) is 15.8 Å². The molecular weight excluding hydrogens is 431 g/mol. The maximum absolute atomic E-state index is 15.1. The molecule has 8 heteroatoms. The van der Waals surface area contributed by atoms with Crippen molar-refractivity contribution in [2.75, 3.05) is 43.4 Å². The summed E-state index contributed by atoms with van der Waals surface area (Å²) >= 11 is 6.15. The first-order valence-electron chi connectivity index (χ1n) is 10.8. The van der Waals surface area contributed by atoms with Crippen molar-refractivity contribution in [3.05, 3.63) is 69.2 Å². The van der Waals surface area contributed by atoms with Gasteiger partial charge in [0.25, 0.3) is 5.91 Å². The van der Waals surface area contributed by atoms with Crippen LogP contribution >= 0.6 is 11.6 Å². The van der Waals surface area contributed by atoms with Crippen molar-refractivity contribution in [2.24, 2.45) is 0 Å². The van der Waals surface area contributed by atoms with Crippen molar-refractivity contribution in [3.8, 4) is 0 Å². The Bertz CT molecular complexity index is 1260. The Morgan fingerprint density at radius 1 is 1.12 bits per heavy atom. The monoisotopic (exact) mass is 454 g/mol. The highest BCUT2D eigenvalue weighted by Crippen LogP contribution is 2.38. The van der Waals surface area contributed by atoms with Gasteiger partial charge in [0.15, 0.2) is 0 Å². The van der Waals surface area contributed by atoms with E-state index in [9.17, 15) is 9.59 Å². The molecule has 0 radical (unpaired) electrons. The molecule has 2 aliphatic rings. The summed E-state index contributed by atoms with van der Waals surface area (Å²) in [4.78, 5) is 30.4. The Morgan fingerprint density at radius 3 is 2.53 bits per heavy atom. The van der Waals surface area contributed by atoms with Crippen LogP contribution in [0.2, 0.25) is 5.02 Å². The van der Waals surface area contributed by atoms with Gasteiger partial charge in [-0.3, -0.25) is 9.59 Å². The molecule has 2 aromatic carbocycles. The number of hydrogen-bond donors (Lipinski definition) is 1. The number of piperazine rings is 1. The molecule has 32 heavy (non-hydrogen) atoms. The molecule has 1 aromatic heterocycles. The summed E-state index contributed by atoms with van der Waals surface area (Å²) in [5, 5.41) is 3.31. The Labute approximate surface area is 190 Å². The number of benzene rings is 2. The number of carbonyl (C=O) groups excluding carboxylic acids is 1. The second-order valence-electron chi connectivity index (χ2n) is 8.56. The van der Waals surface area contributed by atoms with Crippen LogP contribution in [0.3, 0.4) is 0 Å². The third-order valence-corrected chi connectivity index (χ3v) is 6.58. The first-order chi connectivity index (χ1) is 15.4. The molecule has 1 amide bonds. The van der Waals surface area contributed by atoms with Gasteiger partial charge in [-0.2, -0.15) is 0 Å². The third-order valence-electron chi connectivity index (χ3n) is 6.25. The van der Waals surface area contributed by atoms with Crippen molar-refractivity contribution in [1.29, 1.82) is 0 Å². The van der Waals surface area contributed by atoms with Crippen LogP contribution in [0.25, 0.3) is 10.9 Å². The molecule has 6 nitrogen and oxygen atoms in total. The van der Waals surface area contributed by atoms with Gasteiger partial charge >= 0.3 is 0 Å². The molecule has 1 aliphatic carbocycles. The lowest BCUT2D eigenvalue weighted by Gasteiger charge is -2.34. The van der Waals surface area contributed by atoms with Gasteiger partial charge < -0.3 is 19.7 Å². The van der Waals surface area contributed by atoms with Gasteiger partial charge in [0, 0.05) is 43.8 Å². The lowest BCUT2D eigenvalue weighted by Crippen LogP contribution is -2.44. The van der Waals surface area contributed by atoms with Crippen molar-refractivity contribution < 1.29 is 9.18 Å². The van der Waals surface area contributed by atoms with E-state index in [0.717, 1.165) is 39.0 Å². The molecule has 166 valence electrons. The zero-order valence-electron chi connectivity index (χ0n) is 17.8. The zero-order valence-corrected chi connectivity index (χ0v) is 18.5. The van der Waals surface area contributed by atoms with E-state index < -0.39 is 17.2 Å². The van der Waals surface area contributed by atoms with E-state index in [1.54, 1.807) is 36.5 Å². The number of nitrogens with zero attached hydrogens (tertiary/aromatic N) is 3. The Kier molecular flexibility index (Phi) is 5.39. The van der Waals surface area contributed by atoms with Crippen LogP contribution in [0.5, 0.6) is 0 Å². The smallest absolute Gasteiger partial charge is 0.261 e. The van der Waals surface area contributed by atoms with E-state index in [1.165, 1.54) is 6.07 Å². The van der Waals surface area contributed by atoms with E-state index in [2.05, 4.69) is 10.2 Å².